The summed E-state index contributed by atoms with van der Waals surface area (Å²) in [4.78, 5) is 6.59. The van der Waals surface area contributed by atoms with Crippen molar-refractivity contribution in [3.05, 3.63) is 11.7 Å². The van der Waals surface area contributed by atoms with Crippen molar-refractivity contribution in [3.63, 3.8) is 0 Å². The molecule has 3 atom stereocenters. The highest BCUT2D eigenvalue weighted by Crippen LogP contribution is 2.29. The van der Waals surface area contributed by atoms with Gasteiger partial charge >= 0.3 is 0 Å². The molecule has 6 heteroatoms. The van der Waals surface area contributed by atoms with Gasteiger partial charge in [0, 0.05) is 12.6 Å². The molecule has 0 spiro atoms. The molecular weight excluding hydrogens is 222 g/mol. The Bertz CT molecular complexity index is 393. The lowest BCUT2D eigenvalue weighted by atomic mass is 10.2. The van der Waals surface area contributed by atoms with Gasteiger partial charge in [0.15, 0.2) is 0 Å². The zero-order valence-corrected chi connectivity index (χ0v) is 9.87. The van der Waals surface area contributed by atoms with Gasteiger partial charge in [-0.2, -0.15) is 4.98 Å². The summed E-state index contributed by atoms with van der Waals surface area (Å²) in [5.74, 6) is 0.804. The van der Waals surface area contributed by atoms with Gasteiger partial charge in [0.25, 0.3) is 5.89 Å². The Hall–Kier alpha value is -0.980. The van der Waals surface area contributed by atoms with Gasteiger partial charge < -0.3 is 14.4 Å². The molecule has 2 saturated heterocycles. The van der Waals surface area contributed by atoms with Crippen molar-refractivity contribution in [2.75, 3.05) is 19.7 Å². The second-order valence-electron chi connectivity index (χ2n) is 4.78. The molecule has 6 nitrogen and oxygen atoms in total. The van der Waals surface area contributed by atoms with Crippen LogP contribution in [0.2, 0.25) is 0 Å². The standard InChI is InChI=1S/C11H17N3O3/c1-7(15)11-12-10(13-17-11)9-5-14-4-2-3-8(14)6-16-9/h7-9,15H,2-6H2,1H3. The van der Waals surface area contributed by atoms with Crippen molar-refractivity contribution in [2.24, 2.45) is 0 Å². The minimum atomic E-state index is -0.723. The molecule has 0 bridgehead atoms. The summed E-state index contributed by atoms with van der Waals surface area (Å²) in [6.45, 7) is 4.30. The van der Waals surface area contributed by atoms with Crippen molar-refractivity contribution < 1.29 is 14.4 Å². The van der Waals surface area contributed by atoms with Gasteiger partial charge in [0.2, 0.25) is 5.82 Å². The van der Waals surface area contributed by atoms with Crippen molar-refractivity contribution in [3.8, 4) is 0 Å². The van der Waals surface area contributed by atoms with Crippen LogP contribution >= 0.6 is 0 Å². The molecule has 17 heavy (non-hydrogen) atoms. The van der Waals surface area contributed by atoms with E-state index in [2.05, 4.69) is 15.0 Å². The molecule has 2 fully saturated rings. The predicted molar refractivity (Wildman–Crippen MR) is 58.2 cm³/mol. The number of aliphatic hydroxyl groups is 1. The Morgan fingerprint density at radius 2 is 2.41 bits per heavy atom. The Labute approximate surface area is 99.6 Å². The van der Waals surface area contributed by atoms with E-state index in [1.54, 1.807) is 6.92 Å². The van der Waals surface area contributed by atoms with Gasteiger partial charge in [-0.05, 0) is 26.3 Å². The number of aromatic nitrogens is 2. The quantitative estimate of drug-likeness (QED) is 0.817. The number of rotatable bonds is 2. The van der Waals surface area contributed by atoms with Gasteiger partial charge in [-0.3, -0.25) is 4.90 Å². The average Bonchev–Trinajstić information content (AvgIpc) is 2.97. The lowest BCUT2D eigenvalue weighted by Gasteiger charge is -2.33. The molecule has 1 aromatic rings. The fourth-order valence-corrected chi connectivity index (χ4v) is 2.52. The Morgan fingerprint density at radius 3 is 3.18 bits per heavy atom. The third-order valence-electron chi connectivity index (χ3n) is 3.49. The molecular formula is C11H17N3O3. The molecule has 0 aliphatic carbocycles. The molecule has 0 amide bonds. The lowest BCUT2D eigenvalue weighted by Crippen LogP contribution is -2.42. The van der Waals surface area contributed by atoms with Crippen LogP contribution in [0.25, 0.3) is 0 Å². The maximum absolute atomic E-state index is 9.34. The number of morpholine rings is 1. The monoisotopic (exact) mass is 239 g/mol. The van der Waals surface area contributed by atoms with Crippen molar-refractivity contribution in [1.29, 1.82) is 0 Å². The molecule has 2 aliphatic rings. The van der Waals surface area contributed by atoms with Crippen LogP contribution in [-0.4, -0.2) is 45.9 Å². The van der Waals surface area contributed by atoms with E-state index in [1.807, 2.05) is 0 Å². The van der Waals surface area contributed by atoms with E-state index in [9.17, 15) is 5.11 Å². The fraction of sp³-hybridized carbons (Fsp3) is 0.818. The molecule has 94 valence electrons. The molecule has 0 radical (unpaired) electrons. The highest BCUT2D eigenvalue weighted by atomic mass is 16.5. The van der Waals surface area contributed by atoms with Crippen LogP contribution in [-0.2, 0) is 4.74 Å². The van der Waals surface area contributed by atoms with Gasteiger partial charge in [-0.15, -0.1) is 0 Å². The molecule has 3 heterocycles. The van der Waals surface area contributed by atoms with E-state index in [-0.39, 0.29) is 12.0 Å². The second kappa shape index (κ2) is 4.36. The summed E-state index contributed by atoms with van der Waals surface area (Å²) < 4.78 is 10.7. The third-order valence-corrected chi connectivity index (χ3v) is 3.49. The fourth-order valence-electron chi connectivity index (χ4n) is 2.52. The first-order chi connectivity index (χ1) is 8.24. The lowest BCUT2D eigenvalue weighted by molar-refractivity contribution is -0.0548. The van der Waals surface area contributed by atoms with Crippen LogP contribution < -0.4 is 0 Å². The minimum Gasteiger partial charge on any atom is -0.384 e. The first-order valence-electron chi connectivity index (χ1n) is 6.11. The molecule has 0 aromatic carbocycles. The van der Waals surface area contributed by atoms with Crippen LogP contribution in [0, 0.1) is 0 Å². The van der Waals surface area contributed by atoms with Crippen molar-refractivity contribution >= 4 is 0 Å². The summed E-state index contributed by atoms with van der Waals surface area (Å²) >= 11 is 0. The number of hydrogen-bond acceptors (Lipinski definition) is 6. The largest absolute Gasteiger partial charge is 0.384 e. The van der Waals surface area contributed by atoms with Crippen LogP contribution in [0.1, 0.15) is 43.7 Å². The molecule has 3 rings (SSSR count). The topological polar surface area (TPSA) is 71.6 Å². The van der Waals surface area contributed by atoms with Gasteiger partial charge in [0.05, 0.1) is 6.61 Å². The predicted octanol–water partition coefficient (Wildman–Crippen LogP) is 0.659. The molecule has 1 N–H and O–H groups in total. The Balaban J connectivity index is 1.71. The van der Waals surface area contributed by atoms with E-state index < -0.39 is 6.10 Å². The maximum Gasteiger partial charge on any atom is 0.255 e. The molecule has 2 aliphatic heterocycles. The van der Waals surface area contributed by atoms with Gasteiger partial charge in [-0.25, -0.2) is 0 Å². The van der Waals surface area contributed by atoms with Crippen LogP contribution in [0.15, 0.2) is 4.52 Å². The third kappa shape index (κ3) is 2.08. The first kappa shape index (κ1) is 11.1. The normalized spacial score (nSPS) is 31.4. The summed E-state index contributed by atoms with van der Waals surface area (Å²) in [5.41, 5.74) is 0. The van der Waals surface area contributed by atoms with E-state index >= 15 is 0 Å². The number of nitrogens with zero attached hydrogens (tertiary/aromatic N) is 3. The number of fused-ring (bicyclic) bond motifs is 1. The van der Waals surface area contributed by atoms with E-state index in [4.69, 9.17) is 9.26 Å². The van der Waals surface area contributed by atoms with Gasteiger partial charge in [-0.1, -0.05) is 5.16 Å². The van der Waals surface area contributed by atoms with E-state index in [1.165, 1.54) is 12.8 Å². The Kier molecular flexibility index (Phi) is 2.85. The zero-order valence-electron chi connectivity index (χ0n) is 9.87. The zero-order chi connectivity index (χ0) is 11.8. The van der Waals surface area contributed by atoms with Crippen LogP contribution in [0.4, 0.5) is 0 Å². The average molecular weight is 239 g/mol. The van der Waals surface area contributed by atoms with E-state index in [0.717, 1.165) is 19.7 Å². The number of aliphatic hydroxyl groups excluding tert-OH is 1. The maximum atomic E-state index is 9.34. The van der Waals surface area contributed by atoms with Gasteiger partial charge in [0.1, 0.15) is 12.2 Å². The first-order valence-corrected chi connectivity index (χ1v) is 6.11. The van der Waals surface area contributed by atoms with E-state index in [0.29, 0.717) is 11.9 Å². The number of hydrogen-bond donors (Lipinski definition) is 1. The Morgan fingerprint density at radius 1 is 1.53 bits per heavy atom. The molecule has 3 unspecified atom stereocenters. The van der Waals surface area contributed by atoms with Crippen LogP contribution in [0.5, 0.6) is 0 Å². The summed E-state index contributed by atoms with van der Waals surface area (Å²) in [7, 11) is 0. The second-order valence-corrected chi connectivity index (χ2v) is 4.78. The SMILES string of the molecule is CC(O)c1nc(C2CN3CCCC3CO2)no1. The van der Waals surface area contributed by atoms with Crippen molar-refractivity contribution in [1.82, 2.24) is 15.0 Å². The highest BCUT2D eigenvalue weighted by Gasteiger charge is 2.35. The number of ether oxygens (including phenoxy) is 1. The minimum absolute atomic E-state index is 0.124. The van der Waals surface area contributed by atoms with Crippen LogP contribution in [0.3, 0.4) is 0 Å². The molecule has 1 aromatic heterocycles. The summed E-state index contributed by atoms with van der Waals surface area (Å²) in [6, 6.07) is 0.564. The summed E-state index contributed by atoms with van der Waals surface area (Å²) in [6.07, 6.45) is 1.61. The molecule has 0 saturated carbocycles. The van der Waals surface area contributed by atoms with Crippen molar-refractivity contribution in [2.45, 2.75) is 38.0 Å². The highest BCUT2D eigenvalue weighted by molar-refractivity contribution is 4.97. The smallest absolute Gasteiger partial charge is 0.255 e. The summed E-state index contributed by atoms with van der Waals surface area (Å²) in [5, 5.41) is 13.2.